The van der Waals surface area contributed by atoms with Gasteiger partial charge in [-0.25, -0.2) is 0 Å². The van der Waals surface area contributed by atoms with Crippen LogP contribution < -0.4 is 0 Å². The molecule has 0 heterocycles. The monoisotopic (exact) mass is 676 g/mol. The molecule has 2 heteroatoms. The van der Waals surface area contributed by atoms with E-state index in [4.69, 9.17) is 0 Å². The standard InChI is InChI=1S/2C21H17.4CH3.H2Si.Ti/c2*1-2-15-13-17-9-6-12-20(21(17)14-15)19-11-5-8-16-7-3-4-10-18(16)19;;;;;;/h2*3-14H,2H2,1H3;4*1H3;1H2;. The molecule has 6 aromatic rings. The SMILES string of the molecule is CCC1=Cc2c(-c3cccc4ccccc34)cccc2[CH]1[Ti]([CH3])([CH3])([CH3])([CH3])(=[SiH2])[CH]1C(CC)=Cc2c(-c3cccc4ccccc34)cccc21. The van der Waals surface area contributed by atoms with Crippen LogP contribution in [0.25, 0.3) is 56.0 Å². The Morgan fingerprint density at radius 2 is 0.812 bits per heavy atom. The van der Waals surface area contributed by atoms with Crippen molar-refractivity contribution in [3.05, 3.63) is 155 Å². The average Bonchev–Trinajstić information content (AvgIpc) is 3.68. The molecule has 2 aliphatic rings. The first-order chi connectivity index (χ1) is 22.8. The van der Waals surface area contributed by atoms with Gasteiger partial charge in [0.1, 0.15) is 0 Å². The Morgan fingerprint density at radius 1 is 0.458 bits per heavy atom. The Morgan fingerprint density at radius 3 is 1.23 bits per heavy atom. The Balaban J connectivity index is 1.37. The van der Waals surface area contributed by atoms with Gasteiger partial charge in [-0.1, -0.05) is 0 Å². The van der Waals surface area contributed by atoms with Gasteiger partial charge >= 0.3 is 286 Å². The van der Waals surface area contributed by atoms with Crippen LogP contribution in [0.3, 0.4) is 0 Å². The van der Waals surface area contributed by atoms with E-state index in [9.17, 15) is 0 Å². The fourth-order valence-corrected chi connectivity index (χ4v) is 28.1. The summed E-state index contributed by atoms with van der Waals surface area (Å²) >= 11 is -4.71. The van der Waals surface area contributed by atoms with Crippen LogP contribution in [0, 0.1) is 0 Å². The number of benzene rings is 6. The van der Waals surface area contributed by atoms with Crippen LogP contribution in [-0.4, -0.2) is 7.63 Å². The van der Waals surface area contributed by atoms with E-state index in [1.165, 1.54) is 66.1 Å². The van der Waals surface area contributed by atoms with Crippen molar-refractivity contribution in [1.29, 1.82) is 0 Å². The summed E-state index contributed by atoms with van der Waals surface area (Å²) in [5.74, 6) is 0. The fraction of sp³-hybridized carbons (Fsp3) is 0.217. The van der Waals surface area contributed by atoms with Gasteiger partial charge in [0.25, 0.3) is 0 Å². The summed E-state index contributed by atoms with van der Waals surface area (Å²) in [7, 11) is 2.45. The molecule has 2 unspecified atom stereocenters. The summed E-state index contributed by atoms with van der Waals surface area (Å²) in [6.07, 6.45) is 7.32. The van der Waals surface area contributed by atoms with E-state index in [0.29, 0.717) is 8.45 Å². The third-order valence-electron chi connectivity index (χ3n) is 12.3. The van der Waals surface area contributed by atoms with Crippen molar-refractivity contribution < 1.29 is 11.5 Å². The van der Waals surface area contributed by atoms with Crippen LogP contribution in [0.1, 0.15) is 57.4 Å². The zero-order chi connectivity index (χ0) is 33.6. The predicted molar refractivity (Wildman–Crippen MR) is 213 cm³/mol. The van der Waals surface area contributed by atoms with E-state index in [1.807, 2.05) is 0 Å². The van der Waals surface area contributed by atoms with Crippen molar-refractivity contribution >= 4 is 41.3 Å². The maximum atomic E-state index is 2.79. The van der Waals surface area contributed by atoms with Gasteiger partial charge in [0.05, 0.1) is 0 Å². The summed E-state index contributed by atoms with van der Waals surface area (Å²) in [6, 6.07) is 45.6. The molecule has 0 saturated carbocycles. The first kappa shape index (κ1) is 31.5. The first-order valence-electron chi connectivity index (χ1n) is 18.0. The molecule has 0 amide bonds. The van der Waals surface area contributed by atoms with E-state index in [-0.39, 0.29) is 0 Å². The number of allylic oxidation sites excluding steroid dienone is 2. The van der Waals surface area contributed by atoms with Gasteiger partial charge in [-0.2, -0.15) is 0 Å². The Kier molecular flexibility index (Phi) is 6.36. The summed E-state index contributed by atoms with van der Waals surface area (Å²) < 4.78 is 0.756. The molecule has 8 rings (SSSR count). The molecule has 2 aliphatic carbocycles. The van der Waals surface area contributed by atoms with Gasteiger partial charge in [0.2, 0.25) is 0 Å². The van der Waals surface area contributed by atoms with E-state index < -0.39 is 11.5 Å². The topological polar surface area (TPSA) is 0 Å². The zero-order valence-electron chi connectivity index (χ0n) is 29.5. The minimum atomic E-state index is -4.71. The van der Waals surface area contributed by atoms with Crippen LogP contribution in [0.2, 0.25) is 20.9 Å². The van der Waals surface area contributed by atoms with Gasteiger partial charge < -0.3 is 0 Å². The second-order valence-corrected chi connectivity index (χ2v) is 58.6. The molecule has 0 N–H and O–H groups in total. The third kappa shape index (κ3) is 4.51. The molecule has 48 heavy (non-hydrogen) atoms. The van der Waals surface area contributed by atoms with Gasteiger partial charge in [0.15, 0.2) is 0 Å². The molecule has 0 radical (unpaired) electrons. The summed E-state index contributed by atoms with van der Waals surface area (Å²) in [5, 5.41) is 16.4. The number of fused-ring (bicyclic) bond motifs is 4. The molecule has 240 valence electrons. The van der Waals surface area contributed by atoms with Crippen molar-refractivity contribution in [2.75, 3.05) is 0 Å². The predicted octanol–water partition coefficient (Wildman–Crippen LogP) is 13.2. The van der Waals surface area contributed by atoms with Crippen LogP contribution >= 0.6 is 0 Å². The third-order valence-corrected chi connectivity index (χ3v) is 27.4. The molecule has 0 aliphatic heterocycles. The second-order valence-electron chi connectivity index (χ2n) is 19.0. The zero-order valence-corrected chi connectivity index (χ0v) is 32.5. The fourth-order valence-electron chi connectivity index (χ4n) is 10.7. The molecular formula is C46H48SiTi. The minimum absolute atomic E-state index is 0.378. The van der Waals surface area contributed by atoms with Crippen molar-refractivity contribution in [2.24, 2.45) is 0 Å². The second kappa shape index (κ2) is 9.69. The maximum absolute atomic E-state index is 4.71. The molecule has 6 aromatic carbocycles. The summed E-state index contributed by atoms with van der Waals surface area (Å²) in [6.45, 7) is 4.77. The molecular weight excluding hydrogens is 628 g/mol. The van der Waals surface area contributed by atoms with Crippen LogP contribution in [0.4, 0.5) is 0 Å². The molecule has 0 saturated heterocycles. The van der Waals surface area contributed by atoms with E-state index >= 15 is 0 Å². The number of hydrogen-bond donors (Lipinski definition) is 0. The van der Waals surface area contributed by atoms with Crippen molar-refractivity contribution in [1.82, 2.24) is 0 Å². The van der Waals surface area contributed by atoms with Gasteiger partial charge in [0, 0.05) is 0 Å². The van der Waals surface area contributed by atoms with Gasteiger partial charge in [-0.3, -0.25) is 0 Å². The van der Waals surface area contributed by atoms with Crippen LogP contribution in [0.5, 0.6) is 0 Å². The molecule has 2 atom stereocenters. The van der Waals surface area contributed by atoms with Crippen LogP contribution in [-0.2, 0) is 11.5 Å². The van der Waals surface area contributed by atoms with Gasteiger partial charge in [-0.15, -0.1) is 0 Å². The number of rotatable bonds is 6. The summed E-state index contributed by atoms with van der Waals surface area (Å²) in [5.41, 5.74) is 14.6. The first-order valence-corrected chi connectivity index (χ1v) is 30.1. The van der Waals surface area contributed by atoms with E-state index in [1.54, 1.807) is 11.1 Å². The van der Waals surface area contributed by atoms with Crippen molar-refractivity contribution in [3.8, 4) is 22.3 Å². The van der Waals surface area contributed by atoms with Crippen LogP contribution in [0.15, 0.2) is 132 Å². The Hall–Kier alpha value is -3.75. The van der Waals surface area contributed by atoms with Crippen molar-refractivity contribution in [3.63, 3.8) is 0 Å². The van der Waals surface area contributed by atoms with E-state index in [2.05, 4.69) is 176 Å². The molecule has 0 aromatic heterocycles. The normalized spacial score (nSPS) is 19.5. The number of hydrogen-bond acceptors (Lipinski definition) is 0. The Bertz CT molecular complexity index is 2340. The molecule has 0 fully saturated rings. The van der Waals surface area contributed by atoms with E-state index in [0.717, 1.165) is 12.8 Å². The van der Waals surface area contributed by atoms with Crippen molar-refractivity contribution in [2.45, 2.75) is 56.0 Å². The average molecular weight is 677 g/mol. The summed E-state index contributed by atoms with van der Waals surface area (Å²) in [4.78, 5) is 0. The van der Waals surface area contributed by atoms with Gasteiger partial charge in [-0.05, 0) is 0 Å². The molecule has 0 nitrogen and oxygen atoms in total. The Labute approximate surface area is 284 Å². The quantitative estimate of drug-likeness (QED) is 0.154. The molecule has 0 bridgehead atoms. The molecule has 0 spiro atoms.